The van der Waals surface area contributed by atoms with Crippen molar-refractivity contribution in [3.05, 3.63) is 34.3 Å². The molecule has 1 aromatic rings. The van der Waals surface area contributed by atoms with Gasteiger partial charge in [0.05, 0.1) is 5.56 Å². The lowest BCUT2D eigenvalue weighted by atomic mass is 9.90. The Labute approximate surface area is 123 Å². The van der Waals surface area contributed by atoms with Gasteiger partial charge in [-0.15, -0.1) is 0 Å². The molecule has 0 spiro atoms. The van der Waals surface area contributed by atoms with Gasteiger partial charge in [-0.2, -0.15) is 0 Å². The number of nitrogens with one attached hydrogen (secondary N) is 1. The van der Waals surface area contributed by atoms with E-state index in [0.717, 1.165) is 35.7 Å². The molecule has 104 valence electrons. The molecule has 0 aliphatic heterocycles. The molecule has 1 saturated carbocycles. The molecular formula is C15H21BrN2O. The molecule has 0 bridgehead atoms. The summed E-state index contributed by atoms with van der Waals surface area (Å²) in [5.74, 6) is 0.111. The molecule has 1 amide bonds. The summed E-state index contributed by atoms with van der Waals surface area (Å²) in [7, 11) is 3.94. The first-order chi connectivity index (χ1) is 9.13. The van der Waals surface area contributed by atoms with Gasteiger partial charge in [0, 0.05) is 23.6 Å². The van der Waals surface area contributed by atoms with Gasteiger partial charge < -0.3 is 10.2 Å². The number of rotatable bonds is 3. The second-order valence-corrected chi connectivity index (χ2v) is 6.04. The first-order valence-corrected chi connectivity index (χ1v) is 7.61. The van der Waals surface area contributed by atoms with Gasteiger partial charge in [0.25, 0.3) is 5.91 Å². The second-order valence-electron chi connectivity index (χ2n) is 5.19. The van der Waals surface area contributed by atoms with Crippen LogP contribution in [0.3, 0.4) is 0 Å². The summed E-state index contributed by atoms with van der Waals surface area (Å²) in [6, 6.07) is 8.61. The smallest absolute Gasteiger partial charge is 0.254 e. The molecule has 1 aliphatic rings. The van der Waals surface area contributed by atoms with Crippen molar-refractivity contribution in [2.24, 2.45) is 0 Å². The number of hydrogen-bond acceptors (Lipinski definition) is 2. The molecule has 0 heterocycles. The van der Waals surface area contributed by atoms with E-state index in [1.54, 1.807) is 0 Å². The van der Waals surface area contributed by atoms with Crippen LogP contribution in [0.4, 0.5) is 0 Å². The molecule has 1 aliphatic carbocycles. The van der Waals surface area contributed by atoms with Gasteiger partial charge in [0.2, 0.25) is 0 Å². The second kappa shape index (κ2) is 6.53. The van der Waals surface area contributed by atoms with E-state index in [4.69, 9.17) is 0 Å². The summed E-state index contributed by atoms with van der Waals surface area (Å²) in [6.45, 7) is 0. The third-order valence-corrected chi connectivity index (χ3v) is 4.77. The van der Waals surface area contributed by atoms with Crippen LogP contribution in [0, 0.1) is 0 Å². The van der Waals surface area contributed by atoms with E-state index >= 15 is 0 Å². The number of halogens is 1. The van der Waals surface area contributed by atoms with Crippen molar-refractivity contribution >= 4 is 21.8 Å². The monoisotopic (exact) mass is 324 g/mol. The zero-order valence-electron chi connectivity index (χ0n) is 11.5. The van der Waals surface area contributed by atoms with Gasteiger partial charge in [-0.25, -0.2) is 0 Å². The summed E-state index contributed by atoms with van der Waals surface area (Å²) in [5, 5.41) is 3.32. The van der Waals surface area contributed by atoms with Crippen molar-refractivity contribution in [1.82, 2.24) is 10.2 Å². The highest BCUT2D eigenvalue weighted by atomic mass is 79.9. The van der Waals surface area contributed by atoms with Crippen LogP contribution in [0.25, 0.3) is 0 Å². The van der Waals surface area contributed by atoms with E-state index in [0.29, 0.717) is 12.1 Å². The molecule has 4 heteroatoms. The standard InChI is InChI=1S/C15H21BrN2O/c1-17-11-7-9-12(10-8-11)18(2)15(19)13-5-3-4-6-14(13)16/h3-6,11-12,17H,7-10H2,1-2H3. The minimum absolute atomic E-state index is 0.111. The fraction of sp³-hybridized carbons (Fsp3) is 0.533. The van der Waals surface area contributed by atoms with Crippen LogP contribution in [0.15, 0.2) is 28.7 Å². The van der Waals surface area contributed by atoms with Crippen LogP contribution < -0.4 is 5.32 Å². The highest BCUT2D eigenvalue weighted by Crippen LogP contribution is 2.25. The fourth-order valence-corrected chi connectivity index (χ4v) is 3.20. The first kappa shape index (κ1) is 14.5. The number of nitrogens with zero attached hydrogens (tertiary/aromatic N) is 1. The number of carbonyl (C=O) groups is 1. The van der Waals surface area contributed by atoms with Crippen molar-refractivity contribution in [3.63, 3.8) is 0 Å². The normalized spacial score (nSPS) is 23.1. The average Bonchev–Trinajstić information content (AvgIpc) is 2.46. The SMILES string of the molecule is CNC1CCC(N(C)C(=O)c2ccccc2Br)CC1. The van der Waals surface area contributed by atoms with Crippen molar-refractivity contribution in [2.45, 2.75) is 37.8 Å². The Hall–Kier alpha value is -0.870. The van der Waals surface area contributed by atoms with Crippen molar-refractivity contribution in [2.75, 3.05) is 14.1 Å². The first-order valence-electron chi connectivity index (χ1n) is 6.82. The molecular weight excluding hydrogens is 304 g/mol. The molecule has 1 N–H and O–H groups in total. The van der Waals surface area contributed by atoms with Crippen molar-refractivity contribution < 1.29 is 4.79 Å². The molecule has 2 rings (SSSR count). The average molecular weight is 325 g/mol. The predicted molar refractivity (Wildman–Crippen MR) is 81.3 cm³/mol. The lowest BCUT2D eigenvalue weighted by molar-refractivity contribution is 0.0685. The molecule has 0 radical (unpaired) electrons. The summed E-state index contributed by atoms with van der Waals surface area (Å²) >= 11 is 3.45. The highest BCUT2D eigenvalue weighted by Gasteiger charge is 2.26. The summed E-state index contributed by atoms with van der Waals surface area (Å²) < 4.78 is 0.871. The maximum Gasteiger partial charge on any atom is 0.254 e. The zero-order valence-corrected chi connectivity index (χ0v) is 13.1. The topological polar surface area (TPSA) is 32.3 Å². The molecule has 1 aromatic carbocycles. The van der Waals surface area contributed by atoms with Crippen LogP contribution in [-0.2, 0) is 0 Å². The van der Waals surface area contributed by atoms with E-state index < -0.39 is 0 Å². The number of hydrogen-bond donors (Lipinski definition) is 1. The Bertz CT molecular complexity index is 442. The third-order valence-electron chi connectivity index (χ3n) is 4.08. The molecule has 0 aromatic heterocycles. The van der Waals surface area contributed by atoms with E-state index in [-0.39, 0.29) is 5.91 Å². The van der Waals surface area contributed by atoms with Gasteiger partial charge in [-0.3, -0.25) is 4.79 Å². The van der Waals surface area contributed by atoms with E-state index in [9.17, 15) is 4.79 Å². The molecule has 0 unspecified atom stereocenters. The van der Waals surface area contributed by atoms with E-state index in [1.807, 2.05) is 43.3 Å². The van der Waals surface area contributed by atoms with Crippen LogP contribution in [-0.4, -0.2) is 37.0 Å². The van der Waals surface area contributed by atoms with E-state index in [1.165, 1.54) is 0 Å². The molecule has 3 nitrogen and oxygen atoms in total. The molecule has 1 fully saturated rings. The maximum absolute atomic E-state index is 12.5. The van der Waals surface area contributed by atoms with E-state index in [2.05, 4.69) is 21.2 Å². The Kier molecular flexibility index (Phi) is 4.99. The molecule has 19 heavy (non-hydrogen) atoms. The Morgan fingerprint density at radius 2 is 1.89 bits per heavy atom. The Morgan fingerprint density at radius 1 is 1.26 bits per heavy atom. The van der Waals surface area contributed by atoms with Crippen molar-refractivity contribution in [3.8, 4) is 0 Å². The third kappa shape index (κ3) is 3.37. The summed E-state index contributed by atoms with van der Waals surface area (Å²) in [4.78, 5) is 14.4. The lowest BCUT2D eigenvalue weighted by Crippen LogP contribution is -2.42. The fourth-order valence-electron chi connectivity index (χ4n) is 2.74. The van der Waals surface area contributed by atoms with Crippen LogP contribution in [0.1, 0.15) is 36.0 Å². The molecule has 0 saturated heterocycles. The minimum atomic E-state index is 0.111. The number of amides is 1. The minimum Gasteiger partial charge on any atom is -0.339 e. The van der Waals surface area contributed by atoms with Crippen LogP contribution >= 0.6 is 15.9 Å². The van der Waals surface area contributed by atoms with Gasteiger partial charge >= 0.3 is 0 Å². The zero-order chi connectivity index (χ0) is 13.8. The van der Waals surface area contributed by atoms with Crippen LogP contribution in [0.2, 0.25) is 0 Å². The van der Waals surface area contributed by atoms with Crippen molar-refractivity contribution in [1.29, 1.82) is 0 Å². The Balaban J connectivity index is 2.02. The van der Waals surface area contributed by atoms with Gasteiger partial charge in [0.1, 0.15) is 0 Å². The summed E-state index contributed by atoms with van der Waals surface area (Å²) in [6.07, 6.45) is 4.46. The van der Waals surface area contributed by atoms with Gasteiger partial charge in [-0.1, -0.05) is 12.1 Å². The Morgan fingerprint density at radius 3 is 2.47 bits per heavy atom. The number of carbonyl (C=O) groups excluding carboxylic acids is 1. The van der Waals surface area contributed by atoms with Gasteiger partial charge in [-0.05, 0) is 60.8 Å². The quantitative estimate of drug-likeness (QED) is 0.926. The molecule has 0 atom stereocenters. The highest BCUT2D eigenvalue weighted by molar-refractivity contribution is 9.10. The summed E-state index contributed by atoms with van der Waals surface area (Å²) in [5.41, 5.74) is 0.751. The number of benzene rings is 1. The van der Waals surface area contributed by atoms with Crippen LogP contribution in [0.5, 0.6) is 0 Å². The van der Waals surface area contributed by atoms with Gasteiger partial charge in [0.15, 0.2) is 0 Å². The lowest BCUT2D eigenvalue weighted by Gasteiger charge is -2.34. The maximum atomic E-state index is 12.5. The largest absolute Gasteiger partial charge is 0.339 e. The predicted octanol–water partition coefficient (Wildman–Crippen LogP) is 3.05.